The van der Waals surface area contributed by atoms with E-state index in [1.807, 2.05) is 30.3 Å². The number of carbonyl (C=O) groups excluding carboxylic acids is 3. The summed E-state index contributed by atoms with van der Waals surface area (Å²) in [7, 11) is 0. The number of benzene rings is 1. The Morgan fingerprint density at radius 3 is 2.71 bits per heavy atom. The Labute approximate surface area is 206 Å². The van der Waals surface area contributed by atoms with Crippen LogP contribution in [0.3, 0.4) is 0 Å². The molecule has 1 aromatic carbocycles. The highest BCUT2D eigenvalue weighted by atomic mass is 16.6. The van der Waals surface area contributed by atoms with E-state index in [9.17, 15) is 19.5 Å². The van der Waals surface area contributed by atoms with E-state index in [2.05, 4.69) is 13.5 Å². The molecule has 3 aliphatic heterocycles. The maximum absolute atomic E-state index is 14.2. The summed E-state index contributed by atoms with van der Waals surface area (Å²) in [5.74, 6) is -2.59. The van der Waals surface area contributed by atoms with Crippen molar-refractivity contribution in [1.82, 2.24) is 9.80 Å². The van der Waals surface area contributed by atoms with Crippen LogP contribution in [0.1, 0.15) is 51.1 Å². The van der Waals surface area contributed by atoms with Gasteiger partial charge in [-0.05, 0) is 31.7 Å². The van der Waals surface area contributed by atoms with Crippen LogP contribution >= 0.6 is 0 Å². The molecule has 8 nitrogen and oxygen atoms in total. The molecule has 190 valence electrons. The molecule has 8 heteroatoms. The molecule has 0 radical (unpaired) electrons. The number of fused-ring (bicyclic) bond motifs is 1. The van der Waals surface area contributed by atoms with Crippen molar-refractivity contribution in [3.63, 3.8) is 0 Å². The van der Waals surface area contributed by atoms with Gasteiger partial charge in [-0.25, -0.2) is 0 Å². The predicted molar refractivity (Wildman–Crippen MR) is 129 cm³/mol. The summed E-state index contributed by atoms with van der Waals surface area (Å²) in [6.45, 7) is 8.32. The van der Waals surface area contributed by atoms with Crippen molar-refractivity contribution in [2.45, 2.75) is 63.3 Å². The van der Waals surface area contributed by atoms with Crippen molar-refractivity contribution >= 4 is 17.8 Å². The fourth-order valence-electron chi connectivity index (χ4n) is 6.21. The Morgan fingerprint density at radius 1 is 1.34 bits per heavy atom. The van der Waals surface area contributed by atoms with Gasteiger partial charge in [-0.1, -0.05) is 49.8 Å². The number of rotatable bonds is 11. The lowest BCUT2D eigenvalue weighted by atomic mass is 9.70. The normalized spacial score (nSPS) is 29.7. The molecular formula is C27H36N2O6. The summed E-state index contributed by atoms with van der Waals surface area (Å²) < 4.78 is 11.8. The molecule has 0 aliphatic carbocycles. The molecule has 1 spiro atoms. The molecule has 4 rings (SSSR count). The number of esters is 1. The Morgan fingerprint density at radius 2 is 2.09 bits per heavy atom. The summed E-state index contributed by atoms with van der Waals surface area (Å²) >= 11 is 0. The second-order valence-corrected chi connectivity index (χ2v) is 9.59. The van der Waals surface area contributed by atoms with Gasteiger partial charge in [0.25, 0.3) is 0 Å². The zero-order valence-electron chi connectivity index (χ0n) is 20.6. The van der Waals surface area contributed by atoms with Crippen LogP contribution in [-0.4, -0.2) is 76.7 Å². The molecule has 0 aromatic heterocycles. The molecule has 6 atom stereocenters. The third-order valence-electron chi connectivity index (χ3n) is 7.67. The van der Waals surface area contributed by atoms with Gasteiger partial charge < -0.3 is 24.4 Å². The van der Waals surface area contributed by atoms with Crippen LogP contribution in [0.2, 0.25) is 0 Å². The number of ether oxygens (including phenoxy) is 2. The average molecular weight is 485 g/mol. The molecule has 3 heterocycles. The van der Waals surface area contributed by atoms with Crippen molar-refractivity contribution < 1.29 is 29.0 Å². The van der Waals surface area contributed by atoms with Crippen LogP contribution in [0.4, 0.5) is 0 Å². The Balaban J connectivity index is 1.81. The van der Waals surface area contributed by atoms with Gasteiger partial charge >= 0.3 is 5.97 Å². The van der Waals surface area contributed by atoms with E-state index in [0.717, 1.165) is 18.4 Å². The minimum atomic E-state index is -1.12. The van der Waals surface area contributed by atoms with Crippen molar-refractivity contribution in [2.24, 2.45) is 11.8 Å². The number of amides is 2. The Bertz CT molecular complexity index is 952. The van der Waals surface area contributed by atoms with Crippen LogP contribution < -0.4 is 0 Å². The lowest BCUT2D eigenvalue weighted by Gasteiger charge is -2.39. The van der Waals surface area contributed by atoms with Crippen LogP contribution in [0.15, 0.2) is 43.0 Å². The first kappa shape index (κ1) is 25.4. The fourth-order valence-corrected chi connectivity index (χ4v) is 6.21. The van der Waals surface area contributed by atoms with Gasteiger partial charge in [-0.2, -0.15) is 0 Å². The van der Waals surface area contributed by atoms with E-state index in [-0.39, 0.29) is 25.0 Å². The highest BCUT2D eigenvalue weighted by molar-refractivity contribution is 5.98. The van der Waals surface area contributed by atoms with Gasteiger partial charge in [-0.15, -0.1) is 6.58 Å². The van der Waals surface area contributed by atoms with Gasteiger partial charge in [0.1, 0.15) is 11.6 Å². The van der Waals surface area contributed by atoms with Gasteiger partial charge in [0.2, 0.25) is 11.8 Å². The molecule has 0 saturated carbocycles. The van der Waals surface area contributed by atoms with E-state index in [4.69, 9.17) is 9.47 Å². The first-order valence-corrected chi connectivity index (χ1v) is 12.7. The van der Waals surface area contributed by atoms with Gasteiger partial charge in [0.05, 0.1) is 37.2 Å². The number of hydrogen-bond acceptors (Lipinski definition) is 6. The topological polar surface area (TPSA) is 96.4 Å². The molecule has 3 saturated heterocycles. The predicted octanol–water partition coefficient (Wildman–Crippen LogP) is 2.47. The number of unbranched alkanes of at least 4 members (excludes halogenated alkanes) is 1. The largest absolute Gasteiger partial charge is 0.466 e. The molecule has 2 amide bonds. The molecule has 2 bridgehead atoms. The van der Waals surface area contributed by atoms with Crippen LogP contribution in [0.5, 0.6) is 0 Å². The zero-order chi connectivity index (χ0) is 25.2. The smallest absolute Gasteiger partial charge is 0.312 e. The molecule has 1 N–H and O–H groups in total. The van der Waals surface area contributed by atoms with E-state index in [1.54, 1.807) is 17.9 Å². The summed E-state index contributed by atoms with van der Waals surface area (Å²) in [5.41, 5.74) is -0.395. The zero-order valence-corrected chi connectivity index (χ0v) is 20.6. The van der Waals surface area contributed by atoms with Crippen LogP contribution in [0.25, 0.3) is 0 Å². The van der Waals surface area contributed by atoms with E-state index >= 15 is 0 Å². The van der Waals surface area contributed by atoms with Crippen LogP contribution in [-0.2, 0) is 23.9 Å². The first-order chi connectivity index (χ1) is 16.9. The standard InChI is InChI=1S/C27H36N2O6/c1-4-7-16-28(15-5-2)25(32)23-27-14-13-20(35-27)21(26(33)34-6-3)22(27)24(31)29(23)19(17-30)18-11-9-8-10-12-18/h5,8-12,19-23,30H,2,4,6-7,13-17H2,1,3H3/t19-,20+,21-,22+,23?,27?/m1/s1. The van der Waals surface area contributed by atoms with Crippen LogP contribution in [0, 0.1) is 11.8 Å². The second-order valence-electron chi connectivity index (χ2n) is 9.59. The number of aliphatic hydroxyl groups excluding tert-OH is 1. The van der Waals surface area contributed by atoms with Crippen molar-refractivity contribution in [3.8, 4) is 0 Å². The summed E-state index contributed by atoms with van der Waals surface area (Å²) in [6.07, 6.45) is 4.03. The lowest BCUT2D eigenvalue weighted by Crippen LogP contribution is -2.57. The number of hydrogen-bond donors (Lipinski definition) is 1. The molecular weight excluding hydrogens is 448 g/mol. The molecule has 1 aromatic rings. The molecule has 2 unspecified atom stereocenters. The van der Waals surface area contributed by atoms with E-state index in [0.29, 0.717) is 25.9 Å². The van der Waals surface area contributed by atoms with Gasteiger partial charge in [0.15, 0.2) is 0 Å². The molecule has 35 heavy (non-hydrogen) atoms. The summed E-state index contributed by atoms with van der Waals surface area (Å²) in [6, 6.07) is 7.52. The molecule has 3 aliphatic rings. The van der Waals surface area contributed by atoms with E-state index < -0.39 is 41.6 Å². The van der Waals surface area contributed by atoms with Crippen molar-refractivity contribution in [1.29, 1.82) is 0 Å². The fraction of sp³-hybridized carbons (Fsp3) is 0.593. The first-order valence-electron chi connectivity index (χ1n) is 12.7. The second kappa shape index (κ2) is 10.5. The minimum Gasteiger partial charge on any atom is -0.466 e. The third kappa shape index (κ3) is 4.16. The quantitative estimate of drug-likeness (QED) is 0.383. The number of nitrogens with zero attached hydrogens (tertiary/aromatic N) is 2. The number of aliphatic hydroxyl groups is 1. The summed E-state index contributed by atoms with van der Waals surface area (Å²) in [5, 5.41) is 10.5. The highest BCUT2D eigenvalue weighted by Crippen LogP contribution is 2.60. The maximum atomic E-state index is 14.2. The monoisotopic (exact) mass is 484 g/mol. The summed E-state index contributed by atoms with van der Waals surface area (Å²) in [4.78, 5) is 44.5. The van der Waals surface area contributed by atoms with Gasteiger partial charge in [-0.3, -0.25) is 14.4 Å². The number of carbonyl (C=O) groups is 3. The Kier molecular flexibility index (Phi) is 7.62. The maximum Gasteiger partial charge on any atom is 0.312 e. The highest BCUT2D eigenvalue weighted by Gasteiger charge is 2.75. The minimum absolute atomic E-state index is 0.204. The van der Waals surface area contributed by atoms with Crippen molar-refractivity contribution in [2.75, 3.05) is 26.3 Å². The lowest BCUT2D eigenvalue weighted by molar-refractivity contribution is -0.156. The van der Waals surface area contributed by atoms with Gasteiger partial charge in [0, 0.05) is 13.1 Å². The van der Waals surface area contributed by atoms with E-state index in [1.165, 1.54) is 4.90 Å². The average Bonchev–Trinajstić information content (AvgIpc) is 3.50. The Hall–Kier alpha value is -2.71. The molecule has 3 fully saturated rings. The van der Waals surface area contributed by atoms with Crippen molar-refractivity contribution in [3.05, 3.63) is 48.6 Å². The SMILES string of the molecule is C=CCN(CCCC)C(=O)C1N([C@H](CO)c2ccccc2)C(=O)[C@@H]2[C@H](C(=O)OCC)[C@@H]3CCC12O3. The third-order valence-corrected chi connectivity index (χ3v) is 7.67. The number of likely N-dealkylation sites (tertiary alicyclic amines) is 1.